The largest absolute Gasteiger partial charge is 0.367 e. The van der Waals surface area contributed by atoms with E-state index in [9.17, 15) is 4.79 Å². The molecule has 0 saturated carbocycles. The van der Waals surface area contributed by atoms with Crippen molar-refractivity contribution in [2.75, 3.05) is 31.1 Å². The van der Waals surface area contributed by atoms with Crippen molar-refractivity contribution >= 4 is 23.2 Å². The topological polar surface area (TPSA) is 23.6 Å². The van der Waals surface area contributed by atoms with E-state index in [1.807, 2.05) is 36.1 Å². The summed E-state index contributed by atoms with van der Waals surface area (Å²) in [6.45, 7) is 7.45. The highest BCUT2D eigenvalue weighted by Gasteiger charge is 2.25. The number of amides is 1. The molecule has 1 fully saturated rings. The summed E-state index contributed by atoms with van der Waals surface area (Å²) in [6, 6.07) is 7.90. The first-order chi connectivity index (χ1) is 9.63. The van der Waals surface area contributed by atoms with Gasteiger partial charge in [0.25, 0.3) is 0 Å². The highest BCUT2D eigenvalue weighted by molar-refractivity contribution is 6.33. The fraction of sp³-hybridized carbons (Fsp3) is 0.562. The molecule has 2 rings (SSSR count). The Morgan fingerprint density at radius 1 is 1.25 bits per heavy atom. The number of carbonyl (C=O) groups excluding carboxylic acids is 1. The van der Waals surface area contributed by atoms with Crippen LogP contribution in [-0.2, 0) is 4.79 Å². The lowest BCUT2D eigenvalue weighted by Gasteiger charge is -2.37. The molecule has 1 aliphatic heterocycles. The number of carbonyl (C=O) groups is 1. The molecule has 1 aromatic carbocycles. The molecule has 1 aliphatic rings. The van der Waals surface area contributed by atoms with Crippen LogP contribution >= 0.6 is 11.6 Å². The van der Waals surface area contributed by atoms with E-state index in [-0.39, 0.29) is 5.92 Å². The van der Waals surface area contributed by atoms with E-state index in [0.29, 0.717) is 5.91 Å². The number of hydrogen-bond acceptors (Lipinski definition) is 2. The zero-order chi connectivity index (χ0) is 14.5. The molecule has 3 nitrogen and oxygen atoms in total. The summed E-state index contributed by atoms with van der Waals surface area (Å²) in [6.07, 6.45) is 2.04. The standard InChI is InChI=1S/C16H23ClN2O/c1-3-6-13(2)16(20)19-11-9-18(10-12-19)15-8-5-4-7-14(15)17/h4-5,7-8,13H,3,6,9-12H2,1-2H3. The summed E-state index contributed by atoms with van der Waals surface area (Å²) in [5, 5.41) is 0.784. The summed E-state index contributed by atoms with van der Waals surface area (Å²) in [5.41, 5.74) is 1.07. The van der Waals surface area contributed by atoms with Crippen LogP contribution in [0.2, 0.25) is 5.02 Å². The van der Waals surface area contributed by atoms with Crippen molar-refractivity contribution in [3.05, 3.63) is 29.3 Å². The highest BCUT2D eigenvalue weighted by Crippen LogP contribution is 2.26. The van der Waals surface area contributed by atoms with Crippen LogP contribution in [-0.4, -0.2) is 37.0 Å². The Labute approximate surface area is 126 Å². The predicted octanol–water partition coefficient (Wildman–Crippen LogP) is 3.42. The maximum absolute atomic E-state index is 12.3. The molecule has 0 spiro atoms. The molecular weight excluding hydrogens is 272 g/mol. The molecular formula is C16H23ClN2O. The van der Waals surface area contributed by atoms with Gasteiger partial charge in [-0.1, -0.05) is 44.0 Å². The van der Waals surface area contributed by atoms with Crippen LogP contribution < -0.4 is 4.90 Å². The molecule has 0 aromatic heterocycles. The number of halogens is 1. The zero-order valence-electron chi connectivity index (χ0n) is 12.3. The summed E-state index contributed by atoms with van der Waals surface area (Å²) in [4.78, 5) is 16.5. The second-order valence-electron chi connectivity index (χ2n) is 5.45. The van der Waals surface area contributed by atoms with E-state index in [0.717, 1.165) is 49.7 Å². The molecule has 0 bridgehead atoms. The number of hydrogen-bond donors (Lipinski definition) is 0. The Hall–Kier alpha value is -1.22. The van der Waals surface area contributed by atoms with Gasteiger partial charge in [-0.15, -0.1) is 0 Å². The summed E-state index contributed by atoms with van der Waals surface area (Å²) >= 11 is 6.23. The van der Waals surface area contributed by atoms with Crippen molar-refractivity contribution in [1.29, 1.82) is 0 Å². The van der Waals surface area contributed by atoms with E-state index < -0.39 is 0 Å². The lowest BCUT2D eigenvalue weighted by molar-refractivity contribution is -0.135. The van der Waals surface area contributed by atoms with E-state index in [1.165, 1.54) is 0 Å². The average Bonchev–Trinajstić information content (AvgIpc) is 2.47. The fourth-order valence-corrected chi connectivity index (χ4v) is 3.00. The van der Waals surface area contributed by atoms with Crippen LogP contribution in [0.4, 0.5) is 5.69 Å². The van der Waals surface area contributed by atoms with Gasteiger partial charge in [-0.2, -0.15) is 0 Å². The van der Waals surface area contributed by atoms with E-state index in [4.69, 9.17) is 11.6 Å². The number of benzene rings is 1. The molecule has 1 heterocycles. The van der Waals surface area contributed by atoms with Crippen LogP contribution in [0.5, 0.6) is 0 Å². The maximum Gasteiger partial charge on any atom is 0.225 e. The van der Waals surface area contributed by atoms with Crippen LogP contribution in [0.3, 0.4) is 0 Å². The molecule has 0 aliphatic carbocycles. The van der Waals surface area contributed by atoms with Gasteiger partial charge in [-0.05, 0) is 18.6 Å². The third-order valence-corrected chi connectivity index (χ3v) is 4.25. The first-order valence-corrected chi connectivity index (χ1v) is 7.79. The van der Waals surface area contributed by atoms with Crippen molar-refractivity contribution in [2.24, 2.45) is 5.92 Å². The molecule has 0 radical (unpaired) electrons. The minimum absolute atomic E-state index is 0.145. The second kappa shape index (κ2) is 6.98. The Balaban J connectivity index is 1.93. The molecule has 1 amide bonds. The van der Waals surface area contributed by atoms with Crippen molar-refractivity contribution < 1.29 is 4.79 Å². The van der Waals surface area contributed by atoms with Crippen molar-refractivity contribution in [1.82, 2.24) is 4.90 Å². The van der Waals surface area contributed by atoms with Crippen LogP contribution in [0.15, 0.2) is 24.3 Å². The Morgan fingerprint density at radius 2 is 1.90 bits per heavy atom. The molecule has 1 atom stereocenters. The quantitative estimate of drug-likeness (QED) is 0.849. The molecule has 4 heteroatoms. The second-order valence-corrected chi connectivity index (χ2v) is 5.86. The van der Waals surface area contributed by atoms with E-state index >= 15 is 0 Å². The number of nitrogens with zero attached hydrogens (tertiary/aromatic N) is 2. The van der Waals surface area contributed by atoms with Gasteiger partial charge in [0.1, 0.15) is 0 Å². The van der Waals surface area contributed by atoms with Crippen molar-refractivity contribution in [3.8, 4) is 0 Å². The number of piperazine rings is 1. The monoisotopic (exact) mass is 294 g/mol. The zero-order valence-corrected chi connectivity index (χ0v) is 13.1. The normalized spacial score (nSPS) is 17.1. The summed E-state index contributed by atoms with van der Waals surface area (Å²) in [5.74, 6) is 0.442. The van der Waals surface area contributed by atoms with Crippen molar-refractivity contribution in [2.45, 2.75) is 26.7 Å². The van der Waals surface area contributed by atoms with Crippen LogP contribution in [0, 0.1) is 5.92 Å². The van der Waals surface area contributed by atoms with E-state index in [1.54, 1.807) is 0 Å². The molecule has 110 valence electrons. The van der Waals surface area contributed by atoms with Gasteiger partial charge >= 0.3 is 0 Å². The minimum atomic E-state index is 0.145. The lowest BCUT2D eigenvalue weighted by atomic mass is 10.0. The Morgan fingerprint density at radius 3 is 2.50 bits per heavy atom. The summed E-state index contributed by atoms with van der Waals surface area (Å²) in [7, 11) is 0. The van der Waals surface area contributed by atoms with Gasteiger partial charge in [-0.25, -0.2) is 0 Å². The smallest absolute Gasteiger partial charge is 0.225 e. The first kappa shape index (κ1) is 15.2. The molecule has 0 N–H and O–H groups in total. The van der Waals surface area contributed by atoms with Gasteiger partial charge in [0, 0.05) is 32.1 Å². The van der Waals surface area contributed by atoms with Crippen LogP contribution in [0.1, 0.15) is 26.7 Å². The number of anilines is 1. The SMILES string of the molecule is CCCC(C)C(=O)N1CCN(c2ccccc2Cl)CC1. The highest BCUT2D eigenvalue weighted by atomic mass is 35.5. The van der Waals surface area contributed by atoms with Gasteiger partial charge in [0.05, 0.1) is 10.7 Å². The van der Waals surface area contributed by atoms with Gasteiger partial charge < -0.3 is 9.80 Å². The number of para-hydroxylation sites is 1. The molecule has 1 unspecified atom stereocenters. The third kappa shape index (κ3) is 3.45. The lowest BCUT2D eigenvalue weighted by Crippen LogP contribution is -2.50. The molecule has 1 saturated heterocycles. The average molecular weight is 295 g/mol. The van der Waals surface area contributed by atoms with Gasteiger partial charge in [0.2, 0.25) is 5.91 Å². The maximum atomic E-state index is 12.3. The van der Waals surface area contributed by atoms with Crippen molar-refractivity contribution in [3.63, 3.8) is 0 Å². The first-order valence-electron chi connectivity index (χ1n) is 7.41. The fourth-order valence-electron chi connectivity index (χ4n) is 2.74. The number of rotatable bonds is 4. The van der Waals surface area contributed by atoms with Gasteiger partial charge in [-0.3, -0.25) is 4.79 Å². The van der Waals surface area contributed by atoms with Gasteiger partial charge in [0.15, 0.2) is 0 Å². The Kier molecular flexibility index (Phi) is 5.30. The summed E-state index contributed by atoms with van der Waals surface area (Å²) < 4.78 is 0. The predicted molar refractivity (Wildman–Crippen MR) is 84.3 cm³/mol. The minimum Gasteiger partial charge on any atom is -0.367 e. The van der Waals surface area contributed by atoms with E-state index in [2.05, 4.69) is 11.8 Å². The Bertz CT molecular complexity index is 456. The molecule has 20 heavy (non-hydrogen) atoms. The third-order valence-electron chi connectivity index (χ3n) is 3.93. The molecule has 1 aromatic rings. The van der Waals surface area contributed by atoms with Crippen LogP contribution in [0.25, 0.3) is 0 Å².